The normalized spacial score (nSPS) is 12.4. The highest BCUT2D eigenvalue weighted by Crippen LogP contribution is 2.43. The standard InChI is InChI=1S/C27H32N2O4/c1-26(2,3)17-12-16(13-18(24(17)30)27(4,5)6)29-20-15-23(32-8)22(31-7)14-19(20)28-25(29)21-10-9-11-33-21/h9-15,30H,1-8H3. The zero-order chi connectivity index (χ0) is 24.1. The van der Waals surface area contributed by atoms with Crippen LogP contribution in [-0.2, 0) is 10.8 Å². The van der Waals surface area contributed by atoms with Crippen molar-refractivity contribution >= 4 is 11.0 Å². The molecule has 6 heteroatoms. The first-order valence-electron chi connectivity index (χ1n) is 11.0. The summed E-state index contributed by atoms with van der Waals surface area (Å²) in [4.78, 5) is 4.89. The van der Waals surface area contributed by atoms with E-state index in [-0.39, 0.29) is 10.8 Å². The third-order valence-corrected chi connectivity index (χ3v) is 5.87. The minimum atomic E-state index is -0.262. The SMILES string of the molecule is COc1cc2nc(-c3ccco3)n(-c3cc(C(C)(C)C)c(O)c(C(C)(C)C)c3)c2cc1OC. The Morgan fingerprint density at radius 1 is 0.879 bits per heavy atom. The van der Waals surface area contributed by atoms with Gasteiger partial charge in [-0.25, -0.2) is 4.98 Å². The molecular weight excluding hydrogens is 416 g/mol. The summed E-state index contributed by atoms with van der Waals surface area (Å²) in [5, 5.41) is 11.2. The van der Waals surface area contributed by atoms with Crippen LogP contribution in [0.15, 0.2) is 47.1 Å². The summed E-state index contributed by atoms with van der Waals surface area (Å²) in [7, 11) is 3.23. The molecule has 0 amide bonds. The van der Waals surface area contributed by atoms with Gasteiger partial charge in [-0.3, -0.25) is 4.57 Å². The first kappa shape index (κ1) is 22.8. The van der Waals surface area contributed by atoms with E-state index in [1.165, 1.54) is 0 Å². The smallest absolute Gasteiger partial charge is 0.181 e. The summed E-state index contributed by atoms with van der Waals surface area (Å²) in [5.74, 6) is 2.87. The van der Waals surface area contributed by atoms with Crippen molar-refractivity contribution in [3.8, 4) is 34.5 Å². The Hall–Kier alpha value is -3.41. The highest BCUT2D eigenvalue weighted by Gasteiger charge is 2.28. The number of ether oxygens (including phenoxy) is 2. The predicted molar refractivity (Wildman–Crippen MR) is 131 cm³/mol. The summed E-state index contributed by atoms with van der Waals surface area (Å²) in [6.45, 7) is 12.6. The second-order valence-electron chi connectivity index (χ2n) is 10.3. The summed E-state index contributed by atoms with van der Waals surface area (Å²) in [6, 6.07) is 11.6. The maximum Gasteiger partial charge on any atom is 0.181 e. The molecule has 0 aliphatic heterocycles. The van der Waals surface area contributed by atoms with Crippen LogP contribution in [0.4, 0.5) is 0 Å². The van der Waals surface area contributed by atoms with Gasteiger partial charge in [-0.05, 0) is 35.1 Å². The molecule has 0 radical (unpaired) electrons. The van der Waals surface area contributed by atoms with E-state index in [1.54, 1.807) is 20.5 Å². The van der Waals surface area contributed by atoms with Crippen molar-refractivity contribution in [2.24, 2.45) is 0 Å². The van der Waals surface area contributed by atoms with Crippen LogP contribution in [0.1, 0.15) is 52.7 Å². The minimum absolute atomic E-state index is 0.262. The Kier molecular flexibility index (Phi) is 5.43. The van der Waals surface area contributed by atoms with Crippen molar-refractivity contribution in [2.75, 3.05) is 14.2 Å². The Morgan fingerprint density at radius 3 is 1.94 bits per heavy atom. The molecule has 0 saturated carbocycles. The number of rotatable bonds is 4. The van der Waals surface area contributed by atoms with Gasteiger partial charge in [-0.1, -0.05) is 41.5 Å². The van der Waals surface area contributed by atoms with E-state index in [0.29, 0.717) is 28.8 Å². The third kappa shape index (κ3) is 3.94. The average Bonchev–Trinajstić information content (AvgIpc) is 3.38. The number of nitrogens with zero attached hydrogens (tertiary/aromatic N) is 2. The van der Waals surface area contributed by atoms with Crippen LogP contribution >= 0.6 is 0 Å². The van der Waals surface area contributed by atoms with Crippen molar-refractivity contribution in [3.63, 3.8) is 0 Å². The number of phenols is 1. The number of benzene rings is 2. The van der Waals surface area contributed by atoms with E-state index < -0.39 is 0 Å². The maximum atomic E-state index is 11.2. The quantitative estimate of drug-likeness (QED) is 0.381. The Morgan fingerprint density at radius 2 is 1.45 bits per heavy atom. The van der Waals surface area contributed by atoms with Crippen molar-refractivity contribution < 1.29 is 19.0 Å². The molecule has 2 aromatic carbocycles. The van der Waals surface area contributed by atoms with E-state index in [9.17, 15) is 5.11 Å². The molecule has 0 saturated heterocycles. The van der Waals surface area contributed by atoms with Gasteiger partial charge in [0.15, 0.2) is 23.1 Å². The summed E-state index contributed by atoms with van der Waals surface area (Å²) < 4.78 is 18.9. The predicted octanol–water partition coefficient (Wildman–Crippen LogP) is 6.60. The molecule has 6 nitrogen and oxygen atoms in total. The van der Waals surface area contributed by atoms with Crippen LogP contribution in [0, 0.1) is 0 Å². The number of imidazole rings is 1. The Bertz CT molecular complexity index is 1270. The molecule has 2 aromatic heterocycles. The van der Waals surface area contributed by atoms with E-state index in [0.717, 1.165) is 27.8 Å². The molecule has 0 unspecified atom stereocenters. The number of methoxy groups -OCH3 is 2. The van der Waals surface area contributed by atoms with Crippen LogP contribution in [0.3, 0.4) is 0 Å². The molecular formula is C27H32N2O4. The maximum absolute atomic E-state index is 11.2. The Balaban J connectivity index is 2.14. The first-order valence-corrected chi connectivity index (χ1v) is 11.0. The lowest BCUT2D eigenvalue weighted by Crippen LogP contribution is -2.18. The molecule has 0 spiro atoms. The first-order chi connectivity index (χ1) is 15.5. The molecule has 33 heavy (non-hydrogen) atoms. The van der Waals surface area contributed by atoms with Crippen molar-refractivity contribution in [3.05, 3.63) is 53.8 Å². The van der Waals surface area contributed by atoms with Crippen molar-refractivity contribution in [1.82, 2.24) is 9.55 Å². The average molecular weight is 449 g/mol. The number of hydrogen-bond donors (Lipinski definition) is 1. The van der Waals surface area contributed by atoms with Gasteiger partial charge in [-0.2, -0.15) is 0 Å². The summed E-state index contributed by atoms with van der Waals surface area (Å²) in [6.07, 6.45) is 1.64. The Labute approximate surface area is 194 Å². The van der Waals surface area contributed by atoms with E-state index in [1.807, 2.05) is 36.4 Å². The van der Waals surface area contributed by atoms with Gasteiger partial charge in [-0.15, -0.1) is 0 Å². The lowest BCUT2D eigenvalue weighted by Gasteiger charge is -2.28. The van der Waals surface area contributed by atoms with Crippen LogP contribution < -0.4 is 9.47 Å². The highest BCUT2D eigenvalue weighted by molar-refractivity contribution is 5.86. The number of fused-ring (bicyclic) bond motifs is 1. The van der Waals surface area contributed by atoms with Gasteiger partial charge in [0.25, 0.3) is 0 Å². The lowest BCUT2D eigenvalue weighted by molar-refractivity contribution is 0.355. The second-order valence-corrected chi connectivity index (χ2v) is 10.3. The topological polar surface area (TPSA) is 69.7 Å². The van der Waals surface area contributed by atoms with Gasteiger partial charge in [0.05, 0.1) is 31.5 Å². The largest absolute Gasteiger partial charge is 0.507 e. The van der Waals surface area contributed by atoms with Gasteiger partial charge in [0.2, 0.25) is 0 Å². The van der Waals surface area contributed by atoms with Crippen LogP contribution in [0.25, 0.3) is 28.3 Å². The molecule has 0 bridgehead atoms. The number of hydrogen-bond acceptors (Lipinski definition) is 5. The monoisotopic (exact) mass is 448 g/mol. The van der Waals surface area contributed by atoms with Crippen molar-refractivity contribution in [1.29, 1.82) is 0 Å². The number of furan rings is 1. The van der Waals surface area contributed by atoms with Gasteiger partial charge >= 0.3 is 0 Å². The fourth-order valence-corrected chi connectivity index (χ4v) is 4.13. The lowest BCUT2D eigenvalue weighted by atomic mass is 9.79. The molecule has 0 aliphatic carbocycles. The zero-order valence-electron chi connectivity index (χ0n) is 20.6. The molecule has 4 rings (SSSR count). The van der Waals surface area contributed by atoms with Gasteiger partial charge in [0, 0.05) is 28.9 Å². The molecule has 1 N–H and O–H groups in total. The van der Waals surface area contributed by atoms with E-state index in [4.69, 9.17) is 18.9 Å². The third-order valence-electron chi connectivity index (χ3n) is 5.87. The van der Waals surface area contributed by atoms with Crippen LogP contribution in [0.2, 0.25) is 0 Å². The molecule has 0 atom stereocenters. The zero-order valence-corrected chi connectivity index (χ0v) is 20.6. The molecule has 2 heterocycles. The van der Waals surface area contributed by atoms with Crippen LogP contribution in [0.5, 0.6) is 17.2 Å². The number of phenolic OH excluding ortho intramolecular Hbond substituents is 1. The fraction of sp³-hybridized carbons (Fsp3) is 0.370. The van der Waals surface area contributed by atoms with Gasteiger partial charge in [0.1, 0.15) is 5.75 Å². The summed E-state index contributed by atoms with van der Waals surface area (Å²) >= 11 is 0. The number of aromatic hydroxyl groups is 1. The van der Waals surface area contributed by atoms with Crippen molar-refractivity contribution in [2.45, 2.75) is 52.4 Å². The molecule has 0 aliphatic rings. The van der Waals surface area contributed by atoms with Gasteiger partial charge < -0.3 is 19.0 Å². The van der Waals surface area contributed by atoms with E-state index in [2.05, 4.69) is 46.1 Å². The molecule has 174 valence electrons. The second kappa shape index (κ2) is 7.87. The highest BCUT2D eigenvalue weighted by atomic mass is 16.5. The van der Waals surface area contributed by atoms with E-state index >= 15 is 0 Å². The van der Waals surface area contributed by atoms with Crippen LogP contribution in [-0.4, -0.2) is 28.9 Å². The minimum Gasteiger partial charge on any atom is -0.507 e. The number of aromatic nitrogens is 2. The fourth-order valence-electron chi connectivity index (χ4n) is 4.13. The molecule has 4 aromatic rings. The molecule has 0 fully saturated rings. The summed E-state index contributed by atoms with van der Waals surface area (Å²) in [5.41, 5.74) is 3.72.